The van der Waals surface area contributed by atoms with E-state index in [1.807, 2.05) is 56.3 Å². The van der Waals surface area contributed by atoms with Gasteiger partial charge in [-0.05, 0) is 29.7 Å². The number of nitrogens with one attached hydrogen (secondary N) is 1. The van der Waals surface area contributed by atoms with Gasteiger partial charge in [-0.25, -0.2) is 0 Å². The van der Waals surface area contributed by atoms with Crippen molar-refractivity contribution in [3.05, 3.63) is 70.7 Å². The van der Waals surface area contributed by atoms with Gasteiger partial charge in [-0.2, -0.15) is 0 Å². The highest BCUT2D eigenvalue weighted by atomic mass is 35.5. The molecule has 0 unspecified atom stereocenters. The number of rotatable bonds is 9. The molecule has 0 fully saturated rings. The van der Waals surface area contributed by atoms with Crippen molar-refractivity contribution < 1.29 is 9.59 Å². The smallest absolute Gasteiger partial charge is 0.243 e. The molecule has 27 heavy (non-hydrogen) atoms. The van der Waals surface area contributed by atoms with Crippen molar-refractivity contribution in [3.63, 3.8) is 0 Å². The Kier molecular flexibility index (Phi) is 8.34. The quantitative estimate of drug-likeness (QED) is 0.701. The molecule has 0 aliphatic carbocycles. The minimum Gasteiger partial charge on any atom is -0.354 e. The molecule has 2 aromatic carbocycles. The Morgan fingerprint density at radius 1 is 1.00 bits per heavy atom. The molecular formula is C22H27ClN2O2. The second-order valence-electron chi connectivity index (χ2n) is 6.50. The highest BCUT2D eigenvalue weighted by Gasteiger charge is 2.29. The summed E-state index contributed by atoms with van der Waals surface area (Å²) in [4.78, 5) is 27.3. The normalized spacial score (nSPS) is 11.7. The fourth-order valence-electron chi connectivity index (χ4n) is 2.91. The second-order valence-corrected chi connectivity index (χ2v) is 6.93. The fraction of sp³-hybridized carbons (Fsp3) is 0.364. The number of hydrogen-bond acceptors (Lipinski definition) is 2. The van der Waals surface area contributed by atoms with Crippen molar-refractivity contribution in [2.24, 2.45) is 0 Å². The lowest BCUT2D eigenvalue weighted by molar-refractivity contribution is -0.141. The number of carbonyl (C=O) groups is 2. The molecule has 0 saturated carbocycles. The van der Waals surface area contributed by atoms with Gasteiger partial charge < -0.3 is 10.2 Å². The Morgan fingerprint density at radius 2 is 1.67 bits per heavy atom. The van der Waals surface area contributed by atoms with Crippen LogP contribution in [0.4, 0.5) is 0 Å². The van der Waals surface area contributed by atoms with E-state index in [4.69, 9.17) is 11.6 Å². The zero-order valence-corrected chi connectivity index (χ0v) is 16.7. The Labute approximate surface area is 166 Å². The molecule has 4 nitrogen and oxygen atoms in total. The van der Waals surface area contributed by atoms with Crippen LogP contribution in [0.5, 0.6) is 0 Å². The summed E-state index contributed by atoms with van der Waals surface area (Å²) in [5.41, 5.74) is 1.97. The predicted molar refractivity (Wildman–Crippen MR) is 110 cm³/mol. The number of carbonyl (C=O) groups excluding carboxylic acids is 2. The summed E-state index contributed by atoms with van der Waals surface area (Å²) in [6, 6.07) is 16.6. The first-order valence-electron chi connectivity index (χ1n) is 9.40. The molecule has 2 amide bonds. The molecule has 0 aliphatic heterocycles. The summed E-state index contributed by atoms with van der Waals surface area (Å²) in [5, 5.41) is 3.60. The van der Waals surface area contributed by atoms with E-state index in [0.29, 0.717) is 31.0 Å². The van der Waals surface area contributed by atoms with Gasteiger partial charge in [-0.3, -0.25) is 9.59 Å². The van der Waals surface area contributed by atoms with Crippen LogP contribution in [0.1, 0.15) is 37.8 Å². The number of amides is 2. The average molecular weight is 387 g/mol. The Bertz CT molecular complexity index is 732. The van der Waals surface area contributed by atoms with Crippen LogP contribution in [-0.2, 0) is 22.6 Å². The van der Waals surface area contributed by atoms with E-state index in [0.717, 1.165) is 17.5 Å². The number of benzene rings is 2. The zero-order valence-electron chi connectivity index (χ0n) is 16.0. The maximum atomic E-state index is 12.9. The molecule has 0 aliphatic rings. The molecule has 144 valence electrons. The molecule has 0 heterocycles. The molecule has 1 N–H and O–H groups in total. The maximum Gasteiger partial charge on any atom is 0.243 e. The first-order chi connectivity index (χ1) is 13.0. The van der Waals surface area contributed by atoms with Crippen LogP contribution in [0.25, 0.3) is 0 Å². The Hall–Kier alpha value is -2.33. The first kappa shape index (κ1) is 21.0. The van der Waals surface area contributed by atoms with E-state index >= 15 is 0 Å². The Morgan fingerprint density at radius 3 is 2.26 bits per heavy atom. The van der Waals surface area contributed by atoms with Gasteiger partial charge >= 0.3 is 0 Å². The molecule has 2 aromatic rings. The van der Waals surface area contributed by atoms with Gasteiger partial charge in [0.25, 0.3) is 0 Å². The standard InChI is InChI=1S/C22H27ClN2O2/c1-3-14-24-22(27)20(15-17-8-6-5-7-9-17)25(21(26)4-2)16-18-10-12-19(23)13-11-18/h5-13,20H,3-4,14-16H2,1-2H3,(H,24,27)/t20-/m1/s1. The fourth-order valence-corrected chi connectivity index (χ4v) is 3.04. The minimum atomic E-state index is -0.554. The third kappa shape index (κ3) is 6.40. The first-order valence-corrected chi connectivity index (χ1v) is 9.78. The van der Waals surface area contributed by atoms with Gasteiger partial charge in [0, 0.05) is 31.0 Å². The summed E-state index contributed by atoms with van der Waals surface area (Å²) in [6.07, 6.45) is 1.68. The molecule has 5 heteroatoms. The van der Waals surface area contributed by atoms with E-state index in [1.54, 1.807) is 17.0 Å². The van der Waals surface area contributed by atoms with Crippen molar-refractivity contribution in [1.29, 1.82) is 0 Å². The van der Waals surface area contributed by atoms with Crippen molar-refractivity contribution in [2.75, 3.05) is 6.54 Å². The lowest BCUT2D eigenvalue weighted by Gasteiger charge is -2.31. The summed E-state index contributed by atoms with van der Waals surface area (Å²) in [5.74, 6) is -0.158. The summed E-state index contributed by atoms with van der Waals surface area (Å²) in [7, 11) is 0. The van der Waals surface area contributed by atoms with Gasteiger partial charge in [0.05, 0.1) is 0 Å². The third-order valence-corrected chi connectivity index (χ3v) is 4.64. The summed E-state index contributed by atoms with van der Waals surface area (Å²) < 4.78 is 0. The van der Waals surface area contributed by atoms with E-state index in [2.05, 4.69) is 5.32 Å². The van der Waals surface area contributed by atoms with Crippen LogP contribution in [0.3, 0.4) is 0 Å². The molecular weight excluding hydrogens is 360 g/mol. The third-order valence-electron chi connectivity index (χ3n) is 4.39. The van der Waals surface area contributed by atoms with Gasteiger partial charge in [-0.1, -0.05) is 67.9 Å². The topological polar surface area (TPSA) is 49.4 Å². The SMILES string of the molecule is CCCNC(=O)[C@@H](Cc1ccccc1)N(Cc1ccc(Cl)cc1)C(=O)CC. The molecule has 0 radical (unpaired) electrons. The van der Waals surface area contributed by atoms with E-state index < -0.39 is 6.04 Å². The van der Waals surface area contributed by atoms with Gasteiger partial charge in [0.1, 0.15) is 6.04 Å². The van der Waals surface area contributed by atoms with Crippen molar-refractivity contribution in [1.82, 2.24) is 10.2 Å². The van der Waals surface area contributed by atoms with Crippen molar-refractivity contribution in [3.8, 4) is 0 Å². The average Bonchev–Trinajstić information content (AvgIpc) is 2.70. The van der Waals surface area contributed by atoms with Crippen LogP contribution in [-0.4, -0.2) is 29.3 Å². The minimum absolute atomic E-state index is 0.0440. The molecule has 0 bridgehead atoms. The van der Waals surface area contributed by atoms with E-state index in [9.17, 15) is 9.59 Å². The van der Waals surface area contributed by atoms with Crippen LogP contribution < -0.4 is 5.32 Å². The number of halogens is 1. The largest absolute Gasteiger partial charge is 0.354 e. The molecule has 0 saturated heterocycles. The molecule has 2 rings (SSSR count). The van der Waals surface area contributed by atoms with E-state index in [1.165, 1.54) is 0 Å². The Balaban J connectivity index is 2.30. The highest BCUT2D eigenvalue weighted by Crippen LogP contribution is 2.17. The van der Waals surface area contributed by atoms with Crippen LogP contribution in [0, 0.1) is 0 Å². The number of nitrogens with zero attached hydrogens (tertiary/aromatic N) is 1. The lowest BCUT2D eigenvalue weighted by Crippen LogP contribution is -2.50. The number of hydrogen-bond donors (Lipinski definition) is 1. The molecule has 0 spiro atoms. The summed E-state index contributed by atoms with van der Waals surface area (Å²) in [6.45, 7) is 4.80. The zero-order chi connectivity index (χ0) is 19.6. The van der Waals surface area contributed by atoms with E-state index in [-0.39, 0.29) is 11.8 Å². The lowest BCUT2D eigenvalue weighted by atomic mass is 10.0. The molecule has 0 aromatic heterocycles. The maximum absolute atomic E-state index is 12.9. The van der Waals surface area contributed by atoms with Gasteiger partial charge in [0.2, 0.25) is 11.8 Å². The van der Waals surface area contributed by atoms with Crippen LogP contribution in [0.15, 0.2) is 54.6 Å². The van der Waals surface area contributed by atoms with Crippen molar-refractivity contribution >= 4 is 23.4 Å². The van der Waals surface area contributed by atoms with Gasteiger partial charge in [-0.15, -0.1) is 0 Å². The van der Waals surface area contributed by atoms with Gasteiger partial charge in [0.15, 0.2) is 0 Å². The molecule has 1 atom stereocenters. The van der Waals surface area contributed by atoms with Crippen LogP contribution in [0.2, 0.25) is 5.02 Å². The van der Waals surface area contributed by atoms with Crippen LogP contribution >= 0.6 is 11.6 Å². The second kappa shape index (κ2) is 10.7. The van der Waals surface area contributed by atoms with Crippen molar-refractivity contribution in [2.45, 2.75) is 45.7 Å². The predicted octanol–water partition coefficient (Wildman–Crippen LogP) is 4.22. The highest BCUT2D eigenvalue weighted by molar-refractivity contribution is 6.30. The monoisotopic (exact) mass is 386 g/mol. The summed E-state index contributed by atoms with van der Waals surface area (Å²) >= 11 is 5.97.